The molecule has 1 heterocycles. The summed E-state index contributed by atoms with van der Waals surface area (Å²) in [5.41, 5.74) is 1.06. The van der Waals surface area contributed by atoms with E-state index < -0.39 is 5.79 Å². The molecule has 0 N–H and O–H groups in total. The fourth-order valence-corrected chi connectivity index (χ4v) is 3.62. The summed E-state index contributed by atoms with van der Waals surface area (Å²) in [6, 6.07) is 7.81. The van der Waals surface area contributed by atoms with Gasteiger partial charge < -0.3 is 14.2 Å². The molecule has 120 valence electrons. The summed E-state index contributed by atoms with van der Waals surface area (Å²) in [6.07, 6.45) is 5.41. The van der Waals surface area contributed by atoms with Crippen LogP contribution in [0.25, 0.3) is 0 Å². The highest BCUT2D eigenvalue weighted by Gasteiger charge is 2.48. The van der Waals surface area contributed by atoms with Crippen LogP contribution < -0.4 is 0 Å². The van der Waals surface area contributed by atoms with Gasteiger partial charge in [-0.15, -0.1) is 0 Å². The number of ether oxygens (including phenoxy) is 3. The molecule has 1 aromatic carbocycles. The van der Waals surface area contributed by atoms with Gasteiger partial charge in [0.2, 0.25) is 0 Å². The smallest absolute Gasteiger partial charge is 0.293 e. The molecule has 2 fully saturated rings. The quantitative estimate of drug-likeness (QED) is 0.593. The van der Waals surface area contributed by atoms with E-state index in [1.807, 2.05) is 24.3 Å². The van der Waals surface area contributed by atoms with Gasteiger partial charge in [0.05, 0.1) is 18.8 Å². The Labute approximate surface area is 135 Å². The third kappa shape index (κ3) is 3.45. The van der Waals surface area contributed by atoms with Crippen molar-refractivity contribution in [2.24, 2.45) is 0 Å². The van der Waals surface area contributed by atoms with Crippen LogP contribution in [0.15, 0.2) is 24.3 Å². The number of hydrogen-bond acceptors (Lipinski definition) is 4. The molecule has 1 saturated carbocycles. The highest BCUT2D eigenvalue weighted by molar-refractivity contribution is 6.31. The van der Waals surface area contributed by atoms with Crippen molar-refractivity contribution in [1.82, 2.24) is 0 Å². The van der Waals surface area contributed by atoms with Gasteiger partial charge in [-0.05, 0) is 24.5 Å². The highest BCUT2D eigenvalue weighted by Crippen LogP contribution is 2.43. The number of carbonyl (C=O) groups is 1. The fraction of sp³-hybridized carbons (Fsp3) is 0.588. The number of hydrogen-bond donors (Lipinski definition) is 0. The zero-order valence-corrected chi connectivity index (χ0v) is 13.3. The first-order valence-electron chi connectivity index (χ1n) is 7.87. The third-order valence-electron chi connectivity index (χ3n) is 4.48. The van der Waals surface area contributed by atoms with Crippen LogP contribution in [0, 0.1) is 0 Å². The van der Waals surface area contributed by atoms with E-state index in [9.17, 15) is 4.79 Å². The monoisotopic (exact) mass is 324 g/mol. The van der Waals surface area contributed by atoms with Crippen LogP contribution in [0.4, 0.5) is 0 Å². The van der Waals surface area contributed by atoms with Crippen LogP contribution in [-0.4, -0.2) is 31.1 Å². The van der Waals surface area contributed by atoms with Gasteiger partial charge in [0.15, 0.2) is 5.79 Å². The number of halogens is 1. The second kappa shape index (κ2) is 6.99. The van der Waals surface area contributed by atoms with E-state index in [1.54, 1.807) is 0 Å². The molecule has 2 aliphatic rings. The van der Waals surface area contributed by atoms with Crippen molar-refractivity contribution in [3.63, 3.8) is 0 Å². The molecule has 2 atom stereocenters. The van der Waals surface area contributed by atoms with Crippen LogP contribution in [0.2, 0.25) is 5.02 Å². The summed E-state index contributed by atoms with van der Waals surface area (Å²) in [7, 11) is 0. The Bertz CT molecular complexity index is 513. The molecule has 0 amide bonds. The standard InChI is InChI=1S/C17H21ClO4/c18-14-6-2-1-5-13(14)11-16-15(7-10-20-12-19)21-17(22-16)8-3-4-9-17/h1-2,5-6,12,15-16H,3-4,7-11H2/t15-,16-/m0/s1. The Morgan fingerprint density at radius 3 is 2.68 bits per heavy atom. The van der Waals surface area contributed by atoms with Gasteiger partial charge in [-0.3, -0.25) is 4.79 Å². The van der Waals surface area contributed by atoms with Gasteiger partial charge in [-0.25, -0.2) is 0 Å². The molecule has 22 heavy (non-hydrogen) atoms. The fourth-order valence-electron chi connectivity index (χ4n) is 3.41. The van der Waals surface area contributed by atoms with Gasteiger partial charge in [0.1, 0.15) is 0 Å². The summed E-state index contributed by atoms with van der Waals surface area (Å²) in [6.45, 7) is 0.830. The minimum absolute atomic E-state index is 0.0479. The van der Waals surface area contributed by atoms with Crippen molar-refractivity contribution in [2.45, 2.75) is 56.5 Å². The summed E-state index contributed by atoms with van der Waals surface area (Å²) < 4.78 is 17.3. The molecule has 1 aliphatic heterocycles. The predicted octanol–water partition coefficient (Wildman–Crippen LogP) is 3.50. The molecule has 1 saturated heterocycles. The van der Waals surface area contributed by atoms with Gasteiger partial charge in [-0.2, -0.15) is 0 Å². The second-order valence-corrected chi connectivity index (χ2v) is 6.39. The largest absolute Gasteiger partial charge is 0.468 e. The van der Waals surface area contributed by atoms with E-state index in [4.69, 9.17) is 25.8 Å². The Hall–Kier alpha value is -1.10. The summed E-state index contributed by atoms with van der Waals surface area (Å²) in [5, 5.41) is 0.751. The van der Waals surface area contributed by atoms with Gasteiger partial charge in [0, 0.05) is 30.7 Å². The molecule has 3 rings (SSSR count). The molecule has 0 unspecified atom stereocenters. The molecule has 5 heteroatoms. The summed E-state index contributed by atoms with van der Waals surface area (Å²) >= 11 is 6.26. The van der Waals surface area contributed by atoms with Crippen LogP contribution >= 0.6 is 11.6 Å². The molecule has 0 radical (unpaired) electrons. The zero-order valence-electron chi connectivity index (χ0n) is 12.5. The van der Waals surface area contributed by atoms with Crippen LogP contribution in [-0.2, 0) is 25.4 Å². The molecule has 1 spiro atoms. The lowest BCUT2D eigenvalue weighted by Gasteiger charge is -2.22. The first-order valence-corrected chi connectivity index (χ1v) is 8.24. The Morgan fingerprint density at radius 1 is 1.23 bits per heavy atom. The zero-order chi connectivity index (χ0) is 15.4. The van der Waals surface area contributed by atoms with Crippen molar-refractivity contribution in [1.29, 1.82) is 0 Å². The molecular weight excluding hydrogens is 304 g/mol. The van der Waals surface area contributed by atoms with E-state index >= 15 is 0 Å². The highest BCUT2D eigenvalue weighted by atomic mass is 35.5. The van der Waals surface area contributed by atoms with Crippen LogP contribution in [0.1, 0.15) is 37.7 Å². The lowest BCUT2D eigenvalue weighted by molar-refractivity contribution is -0.170. The average molecular weight is 325 g/mol. The van der Waals surface area contributed by atoms with Gasteiger partial charge in [0.25, 0.3) is 6.47 Å². The Kier molecular flexibility index (Phi) is 5.01. The van der Waals surface area contributed by atoms with E-state index in [-0.39, 0.29) is 12.2 Å². The molecule has 0 bridgehead atoms. The van der Waals surface area contributed by atoms with Crippen molar-refractivity contribution < 1.29 is 19.0 Å². The van der Waals surface area contributed by atoms with E-state index in [0.29, 0.717) is 25.9 Å². The van der Waals surface area contributed by atoms with Crippen molar-refractivity contribution in [2.75, 3.05) is 6.61 Å². The third-order valence-corrected chi connectivity index (χ3v) is 4.85. The molecule has 0 aromatic heterocycles. The number of carbonyl (C=O) groups excluding carboxylic acids is 1. The first-order chi connectivity index (χ1) is 10.7. The second-order valence-electron chi connectivity index (χ2n) is 5.98. The molecule has 1 aromatic rings. The molecular formula is C17H21ClO4. The minimum Gasteiger partial charge on any atom is -0.468 e. The van der Waals surface area contributed by atoms with E-state index in [2.05, 4.69) is 0 Å². The maximum Gasteiger partial charge on any atom is 0.293 e. The predicted molar refractivity (Wildman–Crippen MR) is 82.7 cm³/mol. The molecule has 1 aliphatic carbocycles. The van der Waals surface area contributed by atoms with E-state index in [1.165, 1.54) is 0 Å². The maximum atomic E-state index is 10.3. The van der Waals surface area contributed by atoms with Gasteiger partial charge in [-0.1, -0.05) is 29.8 Å². The van der Waals surface area contributed by atoms with Crippen LogP contribution in [0.3, 0.4) is 0 Å². The van der Waals surface area contributed by atoms with Crippen molar-refractivity contribution in [3.8, 4) is 0 Å². The first kappa shape index (κ1) is 15.8. The number of benzene rings is 1. The summed E-state index contributed by atoms with van der Waals surface area (Å²) in [4.78, 5) is 10.3. The lowest BCUT2D eigenvalue weighted by atomic mass is 10.0. The normalized spacial score (nSPS) is 26.4. The van der Waals surface area contributed by atoms with Gasteiger partial charge >= 0.3 is 0 Å². The van der Waals surface area contributed by atoms with E-state index in [0.717, 1.165) is 36.3 Å². The average Bonchev–Trinajstić information content (AvgIpc) is 3.10. The van der Waals surface area contributed by atoms with Crippen molar-refractivity contribution in [3.05, 3.63) is 34.9 Å². The minimum atomic E-state index is -0.433. The number of rotatable bonds is 6. The summed E-state index contributed by atoms with van der Waals surface area (Å²) in [5.74, 6) is -0.433. The Balaban J connectivity index is 1.70. The van der Waals surface area contributed by atoms with Crippen molar-refractivity contribution >= 4 is 18.1 Å². The maximum absolute atomic E-state index is 10.3. The topological polar surface area (TPSA) is 44.8 Å². The SMILES string of the molecule is O=COCC[C@@H]1OC2(CCCC2)O[C@H]1Cc1ccccc1Cl. The van der Waals surface area contributed by atoms with Crippen LogP contribution in [0.5, 0.6) is 0 Å². The lowest BCUT2D eigenvalue weighted by Crippen LogP contribution is -2.27. The molecule has 4 nitrogen and oxygen atoms in total. The Morgan fingerprint density at radius 2 is 1.95 bits per heavy atom.